The Balaban J connectivity index is 2.11. The summed E-state index contributed by atoms with van der Waals surface area (Å²) in [5, 5.41) is 2.76. The van der Waals surface area contributed by atoms with Crippen LogP contribution in [0.15, 0.2) is 41.4 Å². The van der Waals surface area contributed by atoms with Crippen molar-refractivity contribution in [3.05, 3.63) is 57.9 Å². The number of rotatable bonds is 3. The summed E-state index contributed by atoms with van der Waals surface area (Å²) in [6, 6.07) is 11.1. The summed E-state index contributed by atoms with van der Waals surface area (Å²) in [5.74, 6) is 2.16. The van der Waals surface area contributed by atoms with E-state index in [0.717, 1.165) is 21.3 Å². The summed E-state index contributed by atoms with van der Waals surface area (Å²) in [4.78, 5) is 28.8. The van der Waals surface area contributed by atoms with Crippen LogP contribution in [0, 0.1) is 26.2 Å². The molecule has 0 aliphatic carbocycles. The van der Waals surface area contributed by atoms with E-state index in [-0.39, 0.29) is 11.8 Å². The van der Waals surface area contributed by atoms with Gasteiger partial charge in [-0.05, 0) is 55.3 Å². The highest BCUT2D eigenvalue weighted by molar-refractivity contribution is 7.16. The van der Waals surface area contributed by atoms with Gasteiger partial charge < -0.3 is 9.88 Å². The van der Waals surface area contributed by atoms with Gasteiger partial charge >= 0.3 is 0 Å². The van der Waals surface area contributed by atoms with Crippen molar-refractivity contribution in [1.82, 2.24) is 4.57 Å². The largest absolute Gasteiger partial charge is 0.326 e. The number of thiazole rings is 1. The van der Waals surface area contributed by atoms with Gasteiger partial charge in [-0.15, -0.1) is 6.42 Å². The monoisotopic (exact) mass is 377 g/mol. The molecule has 5 nitrogen and oxygen atoms in total. The second-order valence-corrected chi connectivity index (χ2v) is 7.26. The second-order valence-electron chi connectivity index (χ2n) is 6.25. The standard InChI is InChI=1S/C21H19N3O2S/c1-5-10-24-18-9-8-17(22-15(4)25)12-19(18)27-21(24)23-20(26)16-7-6-13(2)14(3)11-16/h1,6-9,11-12H,10H2,2-4H3,(H,22,25). The number of anilines is 1. The van der Waals surface area contributed by atoms with E-state index in [9.17, 15) is 9.59 Å². The third-order valence-electron chi connectivity index (χ3n) is 4.20. The number of nitrogens with one attached hydrogen (secondary N) is 1. The number of amides is 2. The lowest BCUT2D eigenvalue weighted by Gasteiger charge is -2.03. The minimum Gasteiger partial charge on any atom is -0.326 e. The molecule has 3 rings (SSSR count). The molecule has 27 heavy (non-hydrogen) atoms. The molecule has 0 unspecified atom stereocenters. The Morgan fingerprint density at radius 2 is 1.96 bits per heavy atom. The Bertz CT molecular complexity index is 1160. The summed E-state index contributed by atoms with van der Waals surface area (Å²) >= 11 is 1.36. The molecule has 2 aromatic carbocycles. The maximum atomic E-state index is 12.6. The average Bonchev–Trinajstić information content (AvgIpc) is 2.93. The van der Waals surface area contributed by atoms with Gasteiger partial charge in [0.05, 0.1) is 16.8 Å². The fourth-order valence-electron chi connectivity index (χ4n) is 2.71. The first kappa shape index (κ1) is 18.6. The number of aryl methyl sites for hydroxylation is 2. The summed E-state index contributed by atoms with van der Waals surface area (Å²) in [6.45, 7) is 5.73. The van der Waals surface area contributed by atoms with Gasteiger partial charge in [-0.2, -0.15) is 4.99 Å². The molecule has 2 amide bonds. The average molecular weight is 377 g/mol. The van der Waals surface area contributed by atoms with Crippen LogP contribution in [-0.2, 0) is 11.3 Å². The highest BCUT2D eigenvalue weighted by atomic mass is 32.1. The van der Waals surface area contributed by atoms with Gasteiger partial charge in [0.2, 0.25) is 5.91 Å². The number of fused-ring (bicyclic) bond motifs is 1. The van der Waals surface area contributed by atoms with Gasteiger partial charge in [-0.3, -0.25) is 9.59 Å². The SMILES string of the molecule is C#CCn1c(=NC(=O)c2ccc(C)c(C)c2)sc2cc(NC(C)=O)ccc21. The van der Waals surface area contributed by atoms with Crippen LogP contribution in [0.3, 0.4) is 0 Å². The van der Waals surface area contributed by atoms with Gasteiger partial charge in [0, 0.05) is 18.2 Å². The summed E-state index contributed by atoms with van der Waals surface area (Å²) in [7, 11) is 0. The fourth-order valence-corrected chi connectivity index (χ4v) is 3.78. The van der Waals surface area contributed by atoms with Crippen molar-refractivity contribution in [1.29, 1.82) is 0 Å². The van der Waals surface area contributed by atoms with Crippen molar-refractivity contribution >= 4 is 39.1 Å². The highest BCUT2D eigenvalue weighted by Gasteiger charge is 2.10. The fraction of sp³-hybridized carbons (Fsp3) is 0.190. The molecule has 1 heterocycles. The Morgan fingerprint density at radius 3 is 2.63 bits per heavy atom. The molecular weight excluding hydrogens is 358 g/mol. The van der Waals surface area contributed by atoms with E-state index in [1.165, 1.54) is 18.3 Å². The molecule has 3 aromatic rings. The molecule has 0 atom stereocenters. The molecule has 0 bridgehead atoms. The van der Waals surface area contributed by atoms with Crippen molar-refractivity contribution in [3.8, 4) is 12.3 Å². The molecule has 0 radical (unpaired) electrons. The maximum Gasteiger partial charge on any atom is 0.279 e. The summed E-state index contributed by atoms with van der Waals surface area (Å²) < 4.78 is 2.72. The third kappa shape index (κ3) is 3.99. The molecule has 0 aliphatic heterocycles. The van der Waals surface area contributed by atoms with Gasteiger partial charge in [-0.25, -0.2) is 0 Å². The van der Waals surface area contributed by atoms with E-state index in [2.05, 4.69) is 16.2 Å². The Labute approximate surface area is 161 Å². The van der Waals surface area contributed by atoms with Crippen molar-refractivity contribution < 1.29 is 9.59 Å². The zero-order chi connectivity index (χ0) is 19.6. The predicted octanol–water partition coefficient (Wildman–Crippen LogP) is 3.65. The van der Waals surface area contributed by atoms with E-state index in [1.807, 2.05) is 42.7 Å². The highest BCUT2D eigenvalue weighted by Crippen LogP contribution is 2.22. The molecule has 0 saturated heterocycles. The molecule has 1 aromatic heterocycles. The minimum absolute atomic E-state index is 0.141. The zero-order valence-electron chi connectivity index (χ0n) is 15.4. The van der Waals surface area contributed by atoms with E-state index >= 15 is 0 Å². The molecular formula is C21H19N3O2S. The van der Waals surface area contributed by atoms with E-state index < -0.39 is 0 Å². The van der Waals surface area contributed by atoms with Crippen LogP contribution < -0.4 is 10.1 Å². The van der Waals surface area contributed by atoms with Crippen LogP contribution >= 0.6 is 11.3 Å². The molecule has 0 spiro atoms. The van der Waals surface area contributed by atoms with E-state index in [1.54, 1.807) is 12.1 Å². The maximum absolute atomic E-state index is 12.6. The molecule has 0 aliphatic rings. The Kier molecular flexibility index (Phi) is 5.24. The first-order valence-electron chi connectivity index (χ1n) is 8.40. The van der Waals surface area contributed by atoms with E-state index in [0.29, 0.717) is 22.6 Å². The lowest BCUT2D eigenvalue weighted by molar-refractivity contribution is -0.114. The van der Waals surface area contributed by atoms with Gasteiger partial charge in [0.25, 0.3) is 5.91 Å². The topological polar surface area (TPSA) is 63.5 Å². The van der Waals surface area contributed by atoms with Crippen molar-refractivity contribution in [2.24, 2.45) is 4.99 Å². The molecule has 0 fully saturated rings. The van der Waals surface area contributed by atoms with Gasteiger partial charge in [0.1, 0.15) is 0 Å². The number of nitrogens with zero attached hydrogens (tertiary/aromatic N) is 2. The van der Waals surface area contributed by atoms with Crippen LogP contribution in [0.2, 0.25) is 0 Å². The molecule has 0 saturated carbocycles. The van der Waals surface area contributed by atoms with Crippen LogP contribution in [0.4, 0.5) is 5.69 Å². The van der Waals surface area contributed by atoms with Crippen molar-refractivity contribution in [3.63, 3.8) is 0 Å². The first-order valence-corrected chi connectivity index (χ1v) is 9.21. The third-order valence-corrected chi connectivity index (χ3v) is 5.24. The number of aromatic nitrogens is 1. The Hall–Kier alpha value is -3.17. The zero-order valence-corrected chi connectivity index (χ0v) is 16.2. The lowest BCUT2D eigenvalue weighted by atomic mass is 10.1. The number of benzene rings is 2. The summed E-state index contributed by atoms with van der Waals surface area (Å²) in [5.41, 5.74) is 4.28. The number of carbonyl (C=O) groups is 2. The number of carbonyl (C=O) groups excluding carboxylic acids is 2. The van der Waals surface area contributed by atoms with Crippen LogP contribution in [0.25, 0.3) is 10.2 Å². The number of hydrogen-bond donors (Lipinski definition) is 1. The second kappa shape index (κ2) is 7.60. The summed E-state index contributed by atoms with van der Waals surface area (Å²) in [6.07, 6.45) is 5.50. The number of hydrogen-bond acceptors (Lipinski definition) is 3. The smallest absolute Gasteiger partial charge is 0.279 e. The van der Waals surface area contributed by atoms with Crippen LogP contribution in [0.1, 0.15) is 28.4 Å². The van der Waals surface area contributed by atoms with E-state index in [4.69, 9.17) is 6.42 Å². The van der Waals surface area contributed by atoms with Gasteiger partial charge in [-0.1, -0.05) is 23.3 Å². The van der Waals surface area contributed by atoms with Crippen molar-refractivity contribution in [2.75, 3.05) is 5.32 Å². The van der Waals surface area contributed by atoms with Crippen LogP contribution in [-0.4, -0.2) is 16.4 Å². The first-order chi connectivity index (χ1) is 12.9. The van der Waals surface area contributed by atoms with Crippen molar-refractivity contribution in [2.45, 2.75) is 27.3 Å². The molecule has 1 N–H and O–H groups in total. The van der Waals surface area contributed by atoms with Gasteiger partial charge in [0.15, 0.2) is 4.80 Å². The quantitative estimate of drug-likeness (QED) is 0.708. The number of terminal acetylenes is 1. The normalized spacial score (nSPS) is 11.4. The lowest BCUT2D eigenvalue weighted by Crippen LogP contribution is -2.16. The Morgan fingerprint density at radius 1 is 1.19 bits per heavy atom. The minimum atomic E-state index is -0.308. The van der Waals surface area contributed by atoms with Crippen LogP contribution in [0.5, 0.6) is 0 Å². The molecule has 6 heteroatoms. The molecule has 136 valence electrons. The predicted molar refractivity (Wildman–Crippen MR) is 109 cm³/mol.